The Labute approximate surface area is 167 Å². The van der Waals surface area contributed by atoms with E-state index in [1.165, 1.54) is 4.31 Å². The molecule has 0 spiro atoms. The lowest BCUT2D eigenvalue weighted by molar-refractivity contribution is -0.121. The molecule has 1 N–H and O–H groups in total. The normalized spacial score (nSPS) is 12.3. The third kappa shape index (κ3) is 5.48. The van der Waals surface area contributed by atoms with E-state index in [0.29, 0.717) is 12.3 Å². The molecule has 152 valence electrons. The highest BCUT2D eigenvalue weighted by Gasteiger charge is 2.30. The van der Waals surface area contributed by atoms with Crippen LogP contribution in [0.4, 0.5) is 5.69 Å². The number of anilines is 1. The Kier molecular flexibility index (Phi) is 7.07. The molecule has 0 aliphatic rings. The van der Waals surface area contributed by atoms with E-state index in [1.807, 2.05) is 57.2 Å². The van der Waals surface area contributed by atoms with Crippen molar-refractivity contribution in [3.05, 3.63) is 59.2 Å². The van der Waals surface area contributed by atoms with E-state index >= 15 is 0 Å². The lowest BCUT2D eigenvalue weighted by Gasteiger charge is -2.29. The number of hydrogen-bond donors (Lipinski definition) is 1. The standard InChI is InChI=1S/C21H28N2O4S/c1-15-10-11-16(2)19(14-15)23(28(5,25)26)18(4)21(24)22-12-13-27-20-9-7-6-8-17(20)3/h6-11,14,18H,12-13H2,1-5H3,(H,22,24)/t18-/m1/s1. The fourth-order valence-corrected chi connectivity index (χ4v) is 4.16. The number of aryl methyl sites for hydroxylation is 3. The van der Waals surface area contributed by atoms with Gasteiger partial charge in [0.1, 0.15) is 18.4 Å². The minimum atomic E-state index is -3.64. The third-order valence-electron chi connectivity index (χ3n) is 4.44. The van der Waals surface area contributed by atoms with Crippen LogP contribution in [0.25, 0.3) is 0 Å². The first kappa shape index (κ1) is 21.8. The van der Waals surface area contributed by atoms with Crippen molar-refractivity contribution in [3.63, 3.8) is 0 Å². The summed E-state index contributed by atoms with van der Waals surface area (Å²) in [5.41, 5.74) is 3.24. The first-order valence-electron chi connectivity index (χ1n) is 9.14. The van der Waals surface area contributed by atoms with E-state index in [-0.39, 0.29) is 12.5 Å². The fourth-order valence-electron chi connectivity index (χ4n) is 2.94. The molecule has 2 aromatic carbocycles. The van der Waals surface area contributed by atoms with Crippen LogP contribution in [-0.2, 0) is 14.8 Å². The van der Waals surface area contributed by atoms with Crippen molar-refractivity contribution in [1.29, 1.82) is 0 Å². The van der Waals surface area contributed by atoms with Gasteiger partial charge in [-0.05, 0) is 56.5 Å². The quantitative estimate of drug-likeness (QED) is 0.687. The minimum absolute atomic E-state index is 0.280. The second-order valence-corrected chi connectivity index (χ2v) is 8.79. The zero-order valence-corrected chi connectivity index (χ0v) is 17.8. The Hall–Kier alpha value is -2.54. The lowest BCUT2D eigenvalue weighted by atomic mass is 10.1. The predicted molar refractivity (Wildman–Crippen MR) is 112 cm³/mol. The molecule has 1 amide bonds. The number of nitrogens with zero attached hydrogens (tertiary/aromatic N) is 1. The predicted octanol–water partition coefficient (Wildman–Crippen LogP) is 2.96. The molecule has 0 bridgehead atoms. The molecule has 0 aromatic heterocycles. The van der Waals surface area contributed by atoms with Gasteiger partial charge in [0.2, 0.25) is 15.9 Å². The van der Waals surface area contributed by atoms with Crippen LogP contribution < -0.4 is 14.4 Å². The summed E-state index contributed by atoms with van der Waals surface area (Å²) in [5.74, 6) is 0.387. The Morgan fingerprint density at radius 2 is 1.79 bits per heavy atom. The summed E-state index contributed by atoms with van der Waals surface area (Å²) in [4.78, 5) is 12.6. The van der Waals surface area contributed by atoms with Crippen LogP contribution in [0.1, 0.15) is 23.6 Å². The number of carbonyl (C=O) groups is 1. The number of para-hydroxylation sites is 1. The number of rotatable bonds is 8. The van der Waals surface area contributed by atoms with Gasteiger partial charge in [-0.15, -0.1) is 0 Å². The highest BCUT2D eigenvalue weighted by molar-refractivity contribution is 7.92. The number of benzene rings is 2. The summed E-state index contributed by atoms with van der Waals surface area (Å²) in [6.45, 7) is 7.82. The van der Waals surface area contributed by atoms with Crippen LogP contribution >= 0.6 is 0 Å². The number of sulfonamides is 1. The number of amides is 1. The third-order valence-corrected chi connectivity index (χ3v) is 5.67. The molecule has 0 aliphatic heterocycles. The Morgan fingerprint density at radius 3 is 2.43 bits per heavy atom. The molecule has 0 heterocycles. The summed E-state index contributed by atoms with van der Waals surface area (Å²) in [5, 5.41) is 2.76. The van der Waals surface area contributed by atoms with Crippen molar-refractivity contribution in [2.45, 2.75) is 33.7 Å². The van der Waals surface area contributed by atoms with Gasteiger partial charge in [-0.25, -0.2) is 8.42 Å². The van der Waals surface area contributed by atoms with Gasteiger partial charge in [-0.1, -0.05) is 30.3 Å². The molecule has 1 atom stereocenters. The van der Waals surface area contributed by atoms with Crippen LogP contribution in [-0.4, -0.2) is 39.8 Å². The van der Waals surface area contributed by atoms with Crippen molar-refractivity contribution in [1.82, 2.24) is 5.32 Å². The smallest absolute Gasteiger partial charge is 0.243 e. The van der Waals surface area contributed by atoms with E-state index in [0.717, 1.165) is 28.7 Å². The van der Waals surface area contributed by atoms with Gasteiger partial charge < -0.3 is 10.1 Å². The van der Waals surface area contributed by atoms with Crippen molar-refractivity contribution in [2.24, 2.45) is 0 Å². The molecular weight excluding hydrogens is 376 g/mol. The molecule has 0 aliphatic carbocycles. The van der Waals surface area contributed by atoms with Crippen molar-refractivity contribution in [3.8, 4) is 5.75 Å². The molecule has 0 saturated heterocycles. The van der Waals surface area contributed by atoms with Crippen LogP contribution in [0.15, 0.2) is 42.5 Å². The SMILES string of the molecule is Cc1ccc(C)c(N([C@H](C)C(=O)NCCOc2ccccc2C)S(C)(=O)=O)c1. The van der Waals surface area contributed by atoms with Crippen LogP contribution in [0.5, 0.6) is 5.75 Å². The highest BCUT2D eigenvalue weighted by Crippen LogP contribution is 2.26. The second-order valence-electron chi connectivity index (χ2n) is 6.93. The number of hydrogen-bond acceptors (Lipinski definition) is 4. The number of ether oxygens (including phenoxy) is 1. The van der Waals surface area contributed by atoms with Gasteiger partial charge in [0, 0.05) is 0 Å². The first-order valence-corrected chi connectivity index (χ1v) is 11.0. The summed E-state index contributed by atoms with van der Waals surface area (Å²) in [7, 11) is -3.64. The monoisotopic (exact) mass is 404 g/mol. The van der Waals surface area contributed by atoms with Gasteiger partial charge in [0.25, 0.3) is 0 Å². The molecule has 0 unspecified atom stereocenters. The zero-order valence-electron chi connectivity index (χ0n) is 17.0. The molecule has 6 nitrogen and oxygen atoms in total. The summed E-state index contributed by atoms with van der Waals surface area (Å²) < 4.78 is 31.7. The van der Waals surface area contributed by atoms with Crippen molar-refractivity contribution >= 4 is 21.6 Å². The summed E-state index contributed by atoms with van der Waals surface area (Å²) in [6, 6.07) is 12.3. The van der Waals surface area contributed by atoms with Gasteiger partial charge in [-0.3, -0.25) is 9.10 Å². The van der Waals surface area contributed by atoms with Crippen molar-refractivity contribution < 1.29 is 17.9 Å². The van der Waals surface area contributed by atoms with Crippen LogP contribution in [0.3, 0.4) is 0 Å². The van der Waals surface area contributed by atoms with Gasteiger partial charge >= 0.3 is 0 Å². The Balaban J connectivity index is 2.06. The largest absolute Gasteiger partial charge is 0.491 e. The lowest BCUT2D eigenvalue weighted by Crippen LogP contribution is -2.48. The fraction of sp³-hybridized carbons (Fsp3) is 0.381. The molecule has 2 rings (SSSR count). The summed E-state index contributed by atoms with van der Waals surface area (Å²) >= 11 is 0. The molecule has 0 saturated carbocycles. The molecule has 0 fully saturated rings. The van der Waals surface area contributed by atoms with E-state index in [1.54, 1.807) is 13.0 Å². The Bertz CT molecular complexity index is 941. The van der Waals surface area contributed by atoms with Gasteiger partial charge in [-0.2, -0.15) is 0 Å². The van der Waals surface area contributed by atoms with E-state index in [9.17, 15) is 13.2 Å². The maximum absolute atomic E-state index is 12.6. The molecule has 0 radical (unpaired) electrons. The molecule has 7 heteroatoms. The molecule has 28 heavy (non-hydrogen) atoms. The summed E-state index contributed by atoms with van der Waals surface area (Å²) in [6.07, 6.45) is 1.11. The zero-order chi connectivity index (χ0) is 20.9. The number of nitrogens with one attached hydrogen (secondary N) is 1. The average Bonchev–Trinajstić information content (AvgIpc) is 2.61. The maximum atomic E-state index is 12.6. The first-order chi connectivity index (χ1) is 13.1. The topological polar surface area (TPSA) is 75.7 Å². The minimum Gasteiger partial charge on any atom is -0.491 e. The molecule has 2 aromatic rings. The van der Waals surface area contributed by atoms with E-state index in [4.69, 9.17) is 4.74 Å². The number of carbonyl (C=O) groups excluding carboxylic acids is 1. The van der Waals surface area contributed by atoms with E-state index < -0.39 is 16.1 Å². The van der Waals surface area contributed by atoms with E-state index in [2.05, 4.69) is 5.32 Å². The highest BCUT2D eigenvalue weighted by atomic mass is 32.2. The molecular formula is C21H28N2O4S. The second kappa shape index (κ2) is 9.10. The van der Waals surface area contributed by atoms with Gasteiger partial charge in [0.05, 0.1) is 18.5 Å². The van der Waals surface area contributed by atoms with Gasteiger partial charge in [0.15, 0.2) is 0 Å². The van der Waals surface area contributed by atoms with Crippen molar-refractivity contribution in [2.75, 3.05) is 23.7 Å². The van der Waals surface area contributed by atoms with Crippen LogP contribution in [0, 0.1) is 20.8 Å². The average molecular weight is 405 g/mol. The Morgan fingerprint density at radius 1 is 1.11 bits per heavy atom. The maximum Gasteiger partial charge on any atom is 0.243 e. The van der Waals surface area contributed by atoms with Crippen LogP contribution in [0.2, 0.25) is 0 Å².